The van der Waals surface area contributed by atoms with Gasteiger partial charge in [0.1, 0.15) is 5.54 Å². The van der Waals surface area contributed by atoms with E-state index in [1.807, 2.05) is 4.90 Å². The van der Waals surface area contributed by atoms with Crippen LogP contribution in [0.1, 0.15) is 65.2 Å². The number of carbonyl (C=O) groups excluding carboxylic acids is 2. The molecule has 4 heteroatoms. The Kier molecular flexibility index (Phi) is 3.98. The van der Waals surface area contributed by atoms with E-state index in [2.05, 4.69) is 19.2 Å². The van der Waals surface area contributed by atoms with Gasteiger partial charge in [-0.2, -0.15) is 0 Å². The standard InChI is InChI=1S/C17H28N2O2/c1-3-13-7-8-14(12(13)2)19-11-15(20)18-17(16(19)21)9-5-4-6-10-17/h12-14H,3-11H2,1-2H3,(H,18,20). The summed E-state index contributed by atoms with van der Waals surface area (Å²) in [5, 5.41) is 3.04. The Morgan fingerprint density at radius 1 is 1.19 bits per heavy atom. The zero-order valence-electron chi connectivity index (χ0n) is 13.4. The minimum Gasteiger partial charge on any atom is -0.340 e. The highest BCUT2D eigenvalue weighted by atomic mass is 16.2. The summed E-state index contributed by atoms with van der Waals surface area (Å²) in [6.07, 6.45) is 8.38. The summed E-state index contributed by atoms with van der Waals surface area (Å²) in [6.45, 7) is 4.77. The molecule has 2 aliphatic carbocycles. The van der Waals surface area contributed by atoms with Crippen molar-refractivity contribution < 1.29 is 9.59 Å². The molecule has 1 aliphatic heterocycles. The van der Waals surface area contributed by atoms with Crippen LogP contribution in [0.5, 0.6) is 0 Å². The Bertz CT molecular complexity index is 429. The van der Waals surface area contributed by atoms with Gasteiger partial charge in [-0.25, -0.2) is 0 Å². The fraction of sp³-hybridized carbons (Fsp3) is 0.882. The van der Waals surface area contributed by atoms with Crippen molar-refractivity contribution in [3.63, 3.8) is 0 Å². The van der Waals surface area contributed by atoms with E-state index in [0.717, 1.165) is 32.1 Å². The van der Waals surface area contributed by atoms with Crippen molar-refractivity contribution in [3.8, 4) is 0 Å². The lowest BCUT2D eigenvalue weighted by Crippen LogP contribution is -2.69. The van der Waals surface area contributed by atoms with Crippen LogP contribution in [-0.4, -0.2) is 34.8 Å². The predicted molar refractivity (Wildman–Crippen MR) is 81.6 cm³/mol. The van der Waals surface area contributed by atoms with Crippen LogP contribution in [0.15, 0.2) is 0 Å². The highest BCUT2D eigenvalue weighted by Gasteiger charge is 2.50. The number of carbonyl (C=O) groups is 2. The molecule has 3 rings (SSSR count). The molecule has 0 bridgehead atoms. The topological polar surface area (TPSA) is 49.4 Å². The van der Waals surface area contributed by atoms with Crippen molar-refractivity contribution in [1.29, 1.82) is 0 Å². The summed E-state index contributed by atoms with van der Waals surface area (Å²) < 4.78 is 0. The first kappa shape index (κ1) is 14.9. The molecule has 118 valence electrons. The number of hydrogen-bond donors (Lipinski definition) is 1. The molecule has 3 fully saturated rings. The minimum absolute atomic E-state index is 0.0450. The van der Waals surface area contributed by atoms with Crippen molar-refractivity contribution in [1.82, 2.24) is 10.2 Å². The smallest absolute Gasteiger partial charge is 0.249 e. The van der Waals surface area contributed by atoms with Crippen molar-refractivity contribution in [2.45, 2.75) is 76.8 Å². The van der Waals surface area contributed by atoms with Crippen molar-refractivity contribution >= 4 is 11.8 Å². The summed E-state index contributed by atoms with van der Waals surface area (Å²) >= 11 is 0. The van der Waals surface area contributed by atoms with Crippen LogP contribution < -0.4 is 5.32 Å². The molecule has 3 aliphatic rings. The molecule has 2 saturated carbocycles. The highest BCUT2D eigenvalue weighted by molar-refractivity contribution is 5.98. The van der Waals surface area contributed by atoms with Gasteiger partial charge in [0.25, 0.3) is 0 Å². The van der Waals surface area contributed by atoms with E-state index in [9.17, 15) is 9.59 Å². The molecule has 0 aromatic heterocycles. The summed E-state index contributed by atoms with van der Waals surface area (Å²) in [6, 6.07) is 0.271. The van der Waals surface area contributed by atoms with E-state index in [1.165, 1.54) is 19.3 Å². The number of amides is 2. The van der Waals surface area contributed by atoms with Crippen molar-refractivity contribution in [2.75, 3.05) is 6.54 Å². The van der Waals surface area contributed by atoms with E-state index in [1.54, 1.807) is 0 Å². The maximum Gasteiger partial charge on any atom is 0.249 e. The highest BCUT2D eigenvalue weighted by Crippen LogP contribution is 2.40. The van der Waals surface area contributed by atoms with E-state index in [0.29, 0.717) is 11.8 Å². The number of rotatable bonds is 2. The van der Waals surface area contributed by atoms with Gasteiger partial charge in [-0.3, -0.25) is 9.59 Å². The molecule has 21 heavy (non-hydrogen) atoms. The zero-order valence-corrected chi connectivity index (χ0v) is 13.4. The lowest BCUT2D eigenvalue weighted by molar-refractivity contribution is -0.154. The maximum absolute atomic E-state index is 13.1. The number of hydrogen-bond acceptors (Lipinski definition) is 2. The quantitative estimate of drug-likeness (QED) is 0.850. The van der Waals surface area contributed by atoms with E-state index < -0.39 is 5.54 Å². The number of nitrogens with zero attached hydrogens (tertiary/aromatic N) is 1. The van der Waals surface area contributed by atoms with E-state index in [4.69, 9.17) is 0 Å². The molecule has 2 amide bonds. The normalized spacial score (nSPS) is 36.1. The summed E-state index contributed by atoms with van der Waals surface area (Å²) in [5.41, 5.74) is -0.572. The minimum atomic E-state index is -0.572. The second kappa shape index (κ2) is 5.62. The van der Waals surface area contributed by atoms with Crippen molar-refractivity contribution in [3.05, 3.63) is 0 Å². The van der Waals surface area contributed by atoms with E-state index in [-0.39, 0.29) is 24.4 Å². The third-order valence-electron chi connectivity index (χ3n) is 6.18. The van der Waals surface area contributed by atoms with Gasteiger partial charge < -0.3 is 10.2 Å². The zero-order chi connectivity index (χ0) is 15.0. The first-order chi connectivity index (χ1) is 10.1. The average Bonchev–Trinajstić information content (AvgIpc) is 2.85. The maximum atomic E-state index is 13.1. The second-order valence-corrected chi connectivity index (χ2v) is 7.30. The van der Waals surface area contributed by atoms with Crippen LogP contribution in [-0.2, 0) is 9.59 Å². The van der Waals surface area contributed by atoms with Crippen LogP contribution in [0.2, 0.25) is 0 Å². The molecule has 0 aromatic carbocycles. The third-order valence-corrected chi connectivity index (χ3v) is 6.18. The Labute approximate surface area is 127 Å². The molecule has 4 nitrogen and oxygen atoms in total. The van der Waals surface area contributed by atoms with Gasteiger partial charge in [0.15, 0.2) is 0 Å². The fourth-order valence-electron chi connectivity index (χ4n) is 4.86. The van der Waals surface area contributed by atoms with Crippen LogP contribution in [0, 0.1) is 11.8 Å². The van der Waals surface area contributed by atoms with Crippen LogP contribution in [0.4, 0.5) is 0 Å². The van der Waals surface area contributed by atoms with E-state index >= 15 is 0 Å². The Hall–Kier alpha value is -1.06. The fourth-order valence-corrected chi connectivity index (χ4v) is 4.86. The van der Waals surface area contributed by atoms with Gasteiger partial charge in [0.2, 0.25) is 11.8 Å². The van der Waals surface area contributed by atoms with Gasteiger partial charge >= 0.3 is 0 Å². The van der Waals surface area contributed by atoms with Gasteiger partial charge in [0.05, 0.1) is 6.54 Å². The molecule has 3 unspecified atom stereocenters. The van der Waals surface area contributed by atoms with Gasteiger partial charge in [0, 0.05) is 6.04 Å². The predicted octanol–water partition coefficient (Wildman–Crippen LogP) is 2.47. The van der Waals surface area contributed by atoms with Gasteiger partial charge in [-0.15, -0.1) is 0 Å². The SMILES string of the molecule is CCC1CCC(N2CC(=O)NC3(CCCCC3)C2=O)C1C. The molecular weight excluding hydrogens is 264 g/mol. The molecule has 1 N–H and O–H groups in total. The van der Waals surface area contributed by atoms with Crippen molar-refractivity contribution in [2.24, 2.45) is 11.8 Å². The molecule has 1 heterocycles. The molecule has 1 saturated heterocycles. The third kappa shape index (κ3) is 2.47. The average molecular weight is 292 g/mol. The molecule has 0 radical (unpaired) electrons. The summed E-state index contributed by atoms with van der Waals surface area (Å²) in [4.78, 5) is 27.2. The van der Waals surface area contributed by atoms with Gasteiger partial charge in [-0.05, 0) is 37.5 Å². The monoisotopic (exact) mass is 292 g/mol. The molecule has 0 aromatic rings. The largest absolute Gasteiger partial charge is 0.340 e. The second-order valence-electron chi connectivity index (χ2n) is 7.30. The number of piperazine rings is 1. The first-order valence-corrected chi connectivity index (χ1v) is 8.69. The Morgan fingerprint density at radius 2 is 1.90 bits per heavy atom. The molecular formula is C17H28N2O2. The Balaban J connectivity index is 1.81. The van der Waals surface area contributed by atoms with Crippen LogP contribution in [0.3, 0.4) is 0 Å². The summed E-state index contributed by atoms with van der Waals surface area (Å²) in [7, 11) is 0. The molecule has 1 spiro atoms. The lowest BCUT2D eigenvalue weighted by Gasteiger charge is -2.47. The Morgan fingerprint density at radius 3 is 2.52 bits per heavy atom. The van der Waals surface area contributed by atoms with Gasteiger partial charge in [-0.1, -0.05) is 39.5 Å². The number of nitrogens with one attached hydrogen (secondary N) is 1. The van der Waals surface area contributed by atoms with Crippen LogP contribution in [0.25, 0.3) is 0 Å². The van der Waals surface area contributed by atoms with Crippen LogP contribution >= 0.6 is 0 Å². The summed E-state index contributed by atoms with van der Waals surface area (Å²) in [5.74, 6) is 1.47. The first-order valence-electron chi connectivity index (χ1n) is 8.69. The lowest BCUT2D eigenvalue weighted by atomic mass is 9.78. The molecule has 3 atom stereocenters.